The van der Waals surface area contributed by atoms with E-state index < -0.39 is 0 Å². The van der Waals surface area contributed by atoms with Crippen molar-refractivity contribution in [2.45, 2.75) is 26.8 Å². The van der Waals surface area contributed by atoms with Crippen molar-refractivity contribution in [3.63, 3.8) is 0 Å². The Morgan fingerprint density at radius 2 is 1.68 bits per heavy atom. The van der Waals surface area contributed by atoms with E-state index in [-0.39, 0.29) is 17.7 Å². The normalized spacial score (nSPS) is 12.9. The lowest BCUT2D eigenvalue weighted by Crippen LogP contribution is -2.38. The van der Waals surface area contributed by atoms with Crippen molar-refractivity contribution >= 4 is 17.5 Å². The first-order valence-corrected chi connectivity index (χ1v) is 10.5. The third-order valence-electron chi connectivity index (χ3n) is 5.38. The van der Waals surface area contributed by atoms with Crippen LogP contribution in [0.5, 0.6) is 11.5 Å². The average molecular weight is 415 g/mol. The van der Waals surface area contributed by atoms with Gasteiger partial charge >= 0.3 is 0 Å². The number of ether oxygens (including phenoxy) is 1. The zero-order valence-corrected chi connectivity index (χ0v) is 17.8. The Labute approximate surface area is 182 Å². The van der Waals surface area contributed by atoms with Crippen molar-refractivity contribution in [2.24, 2.45) is 5.92 Å². The highest BCUT2D eigenvalue weighted by atomic mass is 16.5. The maximum atomic E-state index is 13.0. The van der Waals surface area contributed by atoms with E-state index in [0.717, 1.165) is 18.5 Å². The van der Waals surface area contributed by atoms with Crippen molar-refractivity contribution in [3.8, 4) is 11.5 Å². The molecule has 0 radical (unpaired) electrons. The molecule has 4 rings (SSSR count). The van der Waals surface area contributed by atoms with E-state index in [1.807, 2.05) is 79.4 Å². The van der Waals surface area contributed by atoms with Gasteiger partial charge in [-0.25, -0.2) is 0 Å². The Morgan fingerprint density at radius 1 is 0.935 bits per heavy atom. The number of nitrogens with one attached hydrogen (secondary N) is 1. The molecule has 0 bridgehead atoms. The summed E-state index contributed by atoms with van der Waals surface area (Å²) in [7, 11) is 0. The van der Waals surface area contributed by atoms with E-state index in [9.17, 15) is 9.59 Å². The van der Waals surface area contributed by atoms with Gasteiger partial charge in [0.25, 0.3) is 5.91 Å². The first-order chi connectivity index (χ1) is 15.0. The number of benzene rings is 3. The highest BCUT2D eigenvalue weighted by Crippen LogP contribution is 2.27. The molecule has 0 unspecified atom stereocenters. The third kappa shape index (κ3) is 4.77. The summed E-state index contributed by atoms with van der Waals surface area (Å²) in [4.78, 5) is 27.3. The fourth-order valence-electron chi connectivity index (χ4n) is 3.75. The second kappa shape index (κ2) is 9.04. The molecule has 3 aromatic rings. The molecule has 1 aliphatic heterocycles. The van der Waals surface area contributed by atoms with Crippen LogP contribution in [0.4, 0.5) is 5.69 Å². The number of fused-ring (bicyclic) bond motifs is 1. The van der Waals surface area contributed by atoms with Crippen molar-refractivity contribution in [1.82, 2.24) is 4.90 Å². The fraction of sp³-hybridized carbons (Fsp3) is 0.231. The molecule has 0 spiro atoms. The molecule has 0 aromatic heterocycles. The van der Waals surface area contributed by atoms with Crippen molar-refractivity contribution < 1.29 is 14.3 Å². The number of anilines is 1. The zero-order chi connectivity index (χ0) is 21.8. The molecule has 5 nitrogen and oxygen atoms in total. The molecule has 0 atom stereocenters. The van der Waals surface area contributed by atoms with E-state index in [1.54, 1.807) is 12.1 Å². The smallest absolute Gasteiger partial charge is 0.259 e. The summed E-state index contributed by atoms with van der Waals surface area (Å²) in [6.45, 7) is 5.15. The van der Waals surface area contributed by atoms with Gasteiger partial charge in [0.05, 0.1) is 5.56 Å². The van der Waals surface area contributed by atoms with Gasteiger partial charge < -0.3 is 15.0 Å². The molecular weight excluding hydrogens is 388 g/mol. The van der Waals surface area contributed by atoms with Gasteiger partial charge in [0.2, 0.25) is 5.91 Å². The van der Waals surface area contributed by atoms with Crippen molar-refractivity contribution in [3.05, 3.63) is 89.5 Å². The maximum Gasteiger partial charge on any atom is 0.259 e. The second-order valence-corrected chi connectivity index (χ2v) is 8.01. The molecule has 3 aromatic carbocycles. The molecular formula is C26H26N2O3. The van der Waals surface area contributed by atoms with Crippen LogP contribution in [-0.2, 0) is 17.8 Å². The van der Waals surface area contributed by atoms with E-state index in [1.165, 1.54) is 5.56 Å². The predicted molar refractivity (Wildman–Crippen MR) is 121 cm³/mol. The largest absolute Gasteiger partial charge is 0.457 e. The van der Waals surface area contributed by atoms with Gasteiger partial charge in [-0.1, -0.05) is 50.2 Å². The molecule has 0 aliphatic carbocycles. The van der Waals surface area contributed by atoms with Crippen LogP contribution < -0.4 is 10.1 Å². The van der Waals surface area contributed by atoms with E-state index in [4.69, 9.17) is 4.74 Å². The standard InChI is InChI=1S/C26H26N2O3/c1-18(2)26(30)28-15-14-19-12-13-21(16-20(19)17-28)27-25(29)23-10-6-7-11-24(23)31-22-8-4-3-5-9-22/h3-13,16,18H,14-15,17H2,1-2H3,(H,27,29). The molecule has 1 heterocycles. The van der Waals surface area contributed by atoms with Crippen LogP contribution in [0.15, 0.2) is 72.8 Å². The first kappa shape index (κ1) is 20.7. The number of para-hydroxylation sites is 2. The molecule has 0 saturated heterocycles. The van der Waals surface area contributed by atoms with Gasteiger partial charge in [-0.2, -0.15) is 0 Å². The first-order valence-electron chi connectivity index (χ1n) is 10.5. The summed E-state index contributed by atoms with van der Waals surface area (Å²) in [6, 6.07) is 22.5. The van der Waals surface area contributed by atoms with Gasteiger partial charge in [0.15, 0.2) is 0 Å². The summed E-state index contributed by atoms with van der Waals surface area (Å²) in [5, 5.41) is 2.98. The second-order valence-electron chi connectivity index (χ2n) is 8.01. The number of hydrogen-bond acceptors (Lipinski definition) is 3. The van der Waals surface area contributed by atoms with Crippen LogP contribution in [0.3, 0.4) is 0 Å². The van der Waals surface area contributed by atoms with Gasteiger partial charge in [0.1, 0.15) is 11.5 Å². The number of amides is 2. The average Bonchev–Trinajstić information content (AvgIpc) is 2.79. The molecule has 1 aliphatic rings. The summed E-state index contributed by atoms with van der Waals surface area (Å²) in [6.07, 6.45) is 0.829. The lowest BCUT2D eigenvalue weighted by atomic mass is 9.98. The minimum Gasteiger partial charge on any atom is -0.457 e. The Hall–Kier alpha value is -3.60. The number of carbonyl (C=O) groups excluding carboxylic acids is 2. The summed E-state index contributed by atoms with van der Waals surface area (Å²) in [5.74, 6) is 1.07. The van der Waals surface area contributed by atoms with Crippen LogP contribution in [0, 0.1) is 5.92 Å². The monoisotopic (exact) mass is 414 g/mol. The molecule has 158 valence electrons. The lowest BCUT2D eigenvalue weighted by molar-refractivity contribution is -0.135. The van der Waals surface area contributed by atoms with Crippen molar-refractivity contribution in [2.75, 3.05) is 11.9 Å². The van der Waals surface area contributed by atoms with Gasteiger partial charge in [-0.05, 0) is 53.9 Å². The Bertz CT molecular complexity index is 1090. The Balaban J connectivity index is 1.51. The molecule has 31 heavy (non-hydrogen) atoms. The van der Waals surface area contributed by atoms with Crippen LogP contribution in [0.25, 0.3) is 0 Å². The third-order valence-corrected chi connectivity index (χ3v) is 5.38. The van der Waals surface area contributed by atoms with E-state index in [2.05, 4.69) is 5.32 Å². The summed E-state index contributed by atoms with van der Waals surface area (Å²) < 4.78 is 5.92. The molecule has 1 N–H and O–H groups in total. The van der Waals surface area contributed by atoms with Crippen LogP contribution >= 0.6 is 0 Å². The predicted octanol–water partition coefficient (Wildman–Crippen LogP) is 5.27. The molecule has 5 heteroatoms. The quantitative estimate of drug-likeness (QED) is 0.619. The maximum absolute atomic E-state index is 13.0. The fourth-order valence-corrected chi connectivity index (χ4v) is 3.75. The van der Waals surface area contributed by atoms with Gasteiger partial charge in [-0.15, -0.1) is 0 Å². The summed E-state index contributed by atoms with van der Waals surface area (Å²) in [5.41, 5.74) is 3.46. The molecule has 0 saturated carbocycles. The number of hydrogen-bond donors (Lipinski definition) is 1. The van der Waals surface area contributed by atoms with Gasteiger partial charge in [0, 0.05) is 24.7 Å². The van der Waals surface area contributed by atoms with E-state index in [0.29, 0.717) is 29.3 Å². The summed E-state index contributed by atoms with van der Waals surface area (Å²) >= 11 is 0. The zero-order valence-electron chi connectivity index (χ0n) is 17.8. The Kier molecular flexibility index (Phi) is 6.03. The molecule has 2 amide bonds. The number of rotatable bonds is 5. The SMILES string of the molecule is CC(C)C(=O)N1CCc2ccc(NC(=O)c3ccccc3Oc3ccccc3)cc2C1. The van der Waals surface area contributed by atoms with Crippen LogP contribution in [0.2, 0.25) is 0 Å². The topological polar surface area (TPSA) is 58.6 Å². The highest BCUT2D eigenvalue weighted by Gasteiger charge is 2.23. The Morgan fingerprint density at radius 3 is 2.45 bits per heavy atom. The number of nitrogens with zero attached hydrogens (tertiary/aromatic N) is 1. The van der Waals surface area contributed by atoms with Crippen molar-refractivity contribution in [1.29, 1.82) is 0 Å². The lowest BCUT2D eigenvalue weighted by Gasteiger charge is -2.30. The van der Waals surface area contributed by atoms with E-state index >= 15 is 0 Å². The minimum atomic E-state index is -0.239. The van der Waals surface area contributed by atoms with Crippen LogP contribution in [0.1, 0.15) is 35.3 Å². The highest BCUT2D eigenvalue weighted by molar-refractivity contribution is 6.06. The molecule has 0 fully saturated rings. The van der Waals surface area contributed by atoms with Gasteiger partial charge in [-0.3, -0.25) is 9.59 Å². The minimum absolute atomic E-state index is 0.0226. The van der Waals surface area contributed by atoms with Crippen LogP contribution in [-0.4, -0.2) is 23.3 Å². The number of carbonyl (C=O) groups is 2.